The molecule has 1 aliphatic rings. The lowest BCUT2D eigenvalue weighted by Crippen LogP contribution is -2.28. The van der Waals surface area contributed by atoms with Crippen LogP contribution in [0.15, 0.2) is 11.0 Å². The fourth-order valence-electron chi connectivity index (χ4n) is 1.65. The van der Waals surface area contributed by atoms with E-state index in [4.69, 9.17) is 20.7 Å². The molecule has 0 spiro atoms. The average Bonchev–Trinajstić information content (AvgIpc) is 2.80. The largest absolute Gasteiger partial charge is 0.381 e. The summed E-state index contributed by atoms with van der Waals surface area (Å²) in [6, 6.07) is 0. The molecule has 0 radical (unpaired) electrons. The van der Waals surface area contributed by atoms with Crippen LogP contribution in [0, 0.1) is 5.82 Å². The standard InChI is InChI=1S/C9H12FN3O2.C3H8O3/c1-5-2-3-7(15-5)13-4-6(10)8(11)12-9(13)14;1-3(4,5)6-2/h4-5,7H,2-3H2,1H3,(H2,11,12,14);4-5H,1-2H3. The second-order valence-corrected chi connectivity index (χ2v) is 4.78. The molecule has 120 valence electrons. The highest BCUT2D eigenvalue weighted by Crippen LogP contribution is 2.26. The van der Waals surface area contributed by atoms with Gasteiger partial charge in [0, 0.05) is 14.0 Å². The lowest BCUT2D eigenvalue weighted by molar-refractivity contribution is -0.312. The van der Waals surface area contributed by atoms with Crippen LogP contribution in [0.4, 0.5) is 10.2 Å². The summed E-state index contributed by atoms with van der Waals surface area (Å²) >= 11 is 0. The van der Waals surface area contributed by atoms with E-state index in [0.29, 0.717) is 6.42 Å². The number of rotatable bonds is 2. The van der Waals surface area contributed by atoms with Gasteiger partial charge in [-0.1, -0.05) is 0 Å². The summed E-state index contributed by atoms with van der Waals surface area (Å²) in [5.41, 5.74) is 4.60. The molecule has 1 fully saturated rings. The van der Waals surface area contributed by atoms with Crippen LogP contribution in [0.5, 0.6) is 0 Å². The van der Waals surface area contributed by atoms with Gasteiger partial charge >= 0.3 is 5.69 Å². The highest BCUT2D eigenvalue weighted by molar-refractivity contribution is 5.26. The third-order valence-electron chi connectivity index (χ3n) is 2.84. The lowest BCUT2D eigenvalue weighted by atomic mass is 10.2. The Hall–Kier alpha value is -1.55. The Morgan fingerprint density at radius 1 is 1.57 bits per heavy atom. The van der Waals surface area contributed by atoms with E-state index in [1.807, 2.05) is 6.92 Å². The zero-order chi connectivity index (χ0) is 16.2. The van der Waals surface area contributed by atoms with Crippen LogP contribution >= 0.6 is 0 Å². The normalized spacial score (nSPS) is 21.8. The lowest BCUT2D eigenvalue weighted by Gasteiger charge is -2.13. The number of hydrogen-bond acceptors (Lipinski definition) is 7. The van der Waals surface area contributed by atoms with Crippen molar-refractivity contribution in [3.63, 3.8) is 0 Å². The van der Waals surface area contributed by atoms with Crippen LogP contribution in [-0.4, -0.2) is 39.0 Å². The van der Waals surface area contributed by atoms with Crippen molar-refractivity contribution in [1.29, 1.82) is 0 Å². The van der Waals surface area contributed by atoms with Gasteiger partial charge in [-0.3, -0.25) is 4.57 Å². The van der Waals surface area contributed by atoms with Crippen molar-refractivity contribution in [2.75, 3.05) is 12.8 Å². The first-order valence-corrected chi connectivity index (χ1v) is 6.33. The molecule has 4 N–H and O–H groups in total. The maximum Gasteiger partial charge on any atom is 0.351 e. The highest BCUT2D eigenvalue weighted by atomic mass is 19.1. The molecule has 2 heterocycles. The third kappa shape index (κ3) is 5.38. The Balaban J connectivity index is 0.000000315. The van der Waals surface area contributed by atoms with E-state index in [9.17, 15) is 9.18 Å². The Labute approximate surface area is 120 Å². The number of methoxy groups -OCH3 is 1. The average molecular weight is 305 g/mol. The van der Waals surface area contributed by atoms with E-state index < -0.39 is 23.7 Å². The molecule has 21 heavy (non-hydrogen) atoms. The first-order chi connectivity index (χ1) is 9.64. The molecule has 0 saturated carbocycles. The molecule has 0 aromatic carbocycles. The fourth-order valence-corrected chi connectivity index (χ4v) is 1.65. The Bertz CT molecular complexity index is 529. The van der Waals surface area contributed by atoms with Crippen molar-refractivity contribution in [1.82, 2.24) is 9.55 Å². The minimum atomic E-state index is -1.96. The zero-order valence-electron chi connectivity index (χ0n) is 12.1. The predicted octanol–water partition coefficient (Wildman–Crippen LogP) is -0.0468. The molecule has 2 unspecified atom stereocenters. The first-order valence-electron chi connectivity index (χ1n) is 6.33. The zero-order valence-corrected chi connectivity index (χ0v) is 12.1. The minimum Gasteiger partial charge on any atom is -0.381 e. The van der Waals surface area contributed by atoms with E-state index in [-0.39, 0.29) is 11.9 Å². The van der Waals surface area contributed by atoms with Gasteiger partial charge in [0.05, 0.1) is 12.3 Å². The number of nitrogens with two attached hydrogens (primary N) is 1. The molecule has 2 atom stereocenters. The molecule has 8 nitrogen and oxygen atoms in total. The number of ether oxygens (including phenoxy) is 2. The summed E-state index contributed by atoms with van der Waals surface area (Å²) in [5.74, 6) is -3.03. The third-order valence-corrected chi connectivity index (χ3v) is 2.84. The van der Waals surface area contributed by atoms with Gasteiger partial charge in [0.25, 0.3) is 5.97 Å². The topological polar surface area (TPSA) is 120 Å². The summed E-state index contributed by atoms with van der Waals surface area (Å²) in [7, 11) is 1.21. The number of aromatic nitrogens is 2. The molecule has 9 heteroatoms. The van der Waals surface area contributed by atoms with E-state index in [1.54, 1.807) is 0 Å². The monoisotopic (exact) mass is 305 g/mol. The van der Waals surface area contributed by atoms with Crippen LogP contribution in [0.1, 0.15) is 32.9 Å². The molecule has 2 rings (SSSR count). The summed E-state index contributed by atoms with van der Waals surface area (Å²) < 4.78 is 23.7. The number of aliphatic hydroxyl groups is 2. The Morgan fingerprint density at radius 3 is 2.57 bits per heavy atom. The summed E-state index contributed by atoms with van der Waals surface area (Å²) in [5, 5.41) is 16.3. The smallest absolute Gasteiger partial charge is 0.351 e. The number of nitrogens with zero attached hydrogens (tertiary/aromatic N) is 2. The quantitative estimate of drug-likeness (QED) is 0.655. The van der Waals surface area contributed by atoms with Crippen molar-refractivity contribution < 1.29 is 24.1 Å². The van der Waals surface area contributed by atoms with Crippen molar-refractivity contribution in [2.45, 2.75) is 45.0 Å². The molecule has 0 bridgehead atoms. The minimum absolute atomic E-state index is 0.0857. The Morgan fingerprint density at radius 2 is 2.14 bits per heavy atom. The van der Waals surface area contributed by atoms with Crippen LogP contribution < -0.4 is 11.4 Å². The van der Waals surface area contributed by atoms with Gasteiger partial charge in [-0.2, -0.15) is 4.98 Å². The molecule has 1 aliphatic heterocycles. The van der Waals surface area contributed by atoms with Gasteiger partial charge in [-0.25, -0.2) is 9.18 Å². The van der Waals surface area contributed by atoms with Crippen molar-refractivity contribution in [3.8, 4) is 0 Å². The SMILES string of the molecule is CC1CCC(n2cc(F)c(N)nc2=O)O1.COC(C)(O)O. The van der Waals surface area contributed by atoms with Gasteiger partial charge in [0.1, 0.15) is 6.23 Å². The van der Waals surface area contributed by atoms with Gasteiger partial charge in [0.2, 0.25) is 0 Å². The second kappa shape index (κ2) is 6.94. The van der Waals surface area contributed by atoms with E-state index >= 15 is 0 Å². The van der Waals surface area contributed by atoms with Crippen LogP contribution in [-0.2, 0) is 9.47 Å². The number of halogens is 1. The van der Waals surface area contributed by atoms with Gasteiger partial charge in [-0.15, -0.1) is 0 Å². The van der Waals surface area contributed by atoms with Crippen LogP contribution in [0.25, 0.3) is 0 Å². The summed E-state index contributed by atoms with van der Waals surface area (Å²) in [4.78, 5) is 14.8. The summed E-state index contributed by atoms with van der Waals surface area (Å²) in [6.45, 7) is 3.04. The number of hydrogen-bond donors (Lipinski definition) is 3. The van der Waals surface area contributed by atoms with Crippen molar-refractivity contribution in [3.05, 3.63) is 22.5 Å². The maximum atomic E-state index is 13.1. The molecule has 1 saturated heterocycles. The van der Waals surface area contributed by atoms with Gasteiger partial charge in [0.15, 0.2) is 11.6 Å². The molecule has 1 aromatic rings. The van der Waals surface area contributed by atoms with E-state index in [2.05, 4.69) is 9.72 Å². The number of anilines is 1. The van der Waals surface area contributed by atoms with Crippen molar-refractivity contribution in [2.24, 2.45) is 0 Å². The van der Waals surface area contributed by atoms with Gasteiger partial charge in [-0.05, 0) is 19.8 Å². The molecular formula is C12H20FN3O5. The molecule has 0 amide bonds. The van der Waals surface area contributed by atoms with Gasteiger partial charge < -0.3 is 25.4 Å². The Kier molecular flexibility index (Phi) is 5.78. The second-order valence-electron chi connectivity index (χ2n) is 4.78. The summed E-state index contributed by atoms with van der Waals surface area (Å²) in [6.07, 6.45) is 2.25. The maximum absolute atomic E-state index is 13.1. The van der Waals surface area contributed by atoms with Crippen LogP contribution in [0.3, 0.4) is 0 Å². The molecule has 1 aromatic heterocycles. The van der Waals surface area contributed by atoms with Crippen LogP contribution in [0.2, 0.25) is 0 Å². The predicted molar refractivity (Wildman–Crippen MR) is 71.5 cm³/mol. The number of nitrogen functional groups attached to an aromatic ring is 1. The first kappa shape index (κ1) is 17.5. The van der Waals surface area contributed by atoms with Crippen molar-refractivity contribution >= 4 is 5.82 Å². The fraction of sp³-hybridized carbons (Fsp3) is 0.667. The van der Waals surface area contributed by atoms with E-state index in [1.165, 1.54) is 7.11 Å². The highest BCUT2D eigenvalue weighted by Gasteiger charge is 2.24. The molecule has 0 aliphatic carbocycles. The molecular weight excluding hydrogens is 285 g/mol. The van der Waals surface area contributed by atoms with E-state index in [0.717, 1.165) is 24.1 Å².